The maximum absolute atomic E-state index is 13.0. The second-order valence-electron chi connectivity index (χ2n) is 9.01. The number of hydrogen-bond donors (Lipinski definition) is 2. The van der Waals surface area contributed by atoms with Crippen LogP contribution >= 0.6 is 0 Å². The van der Waals surface area contributed by atoms with Gasteiger partial charge in [0.15, 0.2) is 11.5 Å². The Balaban J connectivity index is 1.55. The van der Waals surface area contributed by atoms with Crippen LogP contribution in [0.3, 0.4) is 0 Å². The van der Waals surface area contributed by atoms with E-state index in [-0.39, 0.29) is 11.8 Å². The number of fused-ring (bicyclic) bond motifs is 1. The first-order valence-corrected chi connectivity index (χ1v) is 12.4. The van der Waals surface area contributed by atoms with Gasteiger partial charge in [0.1, 0.15) is 0 Å². The third-order valence-corrected chi connectivity index (χ3v) is 6.88. The van der Waals surface area contributed by atoms with Crippen LogP contribution in [0.15, 0.2) is 48.7 Å². The summed E-state index contributed by atoms with van der Waals surface area (Å²) in [6, 6.07) is 16.1. The zero-order valence-electron chi connectivity index (χ0n) is 21.8. The van der Waals surface area contributed by atoms with Gasteiger partial charge in [0, 0.05) is 47.2 Å². The van der Waals surface area contributed by atoms with Crippen molar-refractivity contribution in [2.75, 3.05) is 20.8 Å². The van der Waals surface area contributed by atoms with Gasteiger partial charge >= 0.3 is 0 Å². The normalized spacial score (nSPS) is 11.8. The fourth-order valence-electron chi connectivity index (χ4n) is 4.97. The number of aromatic nitrogens is 3. The average molecular weight is 500 g/mol. The molecule has 2 aromatic heterocycles. The number of ether oxygens (including phenoxy) is 2. The smallest absolute Gasteiger partial charge is 0.220 e. The number of hydrogen-bond acceptors (Lipinski definition) is 5. The van der Waals surface area contributed by atoms with Crippen LogP contribution in [-0.2, 0) is 17.8 Å². The molecule has 2 heterocycles. The molecule has 0 aliphatic rings. The van der Waals surface area contributed by atoms with Gasteiger partial charge in [-0.1, -0.05) is 30.3 Å². The van der Waals surface area contributed by atoms with Gasteiger partial charge < -0.3 is 19.8 Å². The number of aromatic amines is 1. The van der Waals surface area contributed by atoms with E-state index >= 15 is 0 Å². The van der Waals surface area contributed by atoms with Gasteiger partial charge in [0.05, 0.1) is 38.9 Å². The van der Waals surface area contributed by atoms with Gasteiger partial charge in [0.25, 0.3) is 0 Å². The molecule has 0 aliphatic carbocycles. The molecule has 37 heavy (non-hydrogen) atoms. The summed E-state index contributed by atoms with van der Waals surface area (Å²) in [5.41, 5.74) is 6.04. The molecule has 0 radical (unpaired) electrons. The van der Waals surface area contributed by atoms with E-state index in [4.69, 9.17) is 14.7 Å². The number of H-pyrrole nitrogens is 1. The zero-order chi connectivity index (χ0) is 26.4. The standard InChI is InChI=1S/C29H33N5O3/c1-19-21(20(2)34(33-19)16-8-15-30)13-14-28(35)32-18-25(23-10-7-12-27(36-3)29(23)37-4)24-17-31-26-11-6-5-9-22(24)26/h5-7,9-12,17,25,31H,8,13-14,16,18H2,1-4H3,(H,32,35)/t25-/m1/s1. The molecule has 4 aromatic rings. The van der Waals surface area contributed by atoms with Gasteiger partial charge in [-0.25, -0.2) is 0 Å². The van der Waals surface area contributed by atoms with Gasteiger partial charge in [0.2, 0.25) is 5.91 Å². The third-order valence-electron chi connectivity index (χ3n) is 6.88. The predicted molar refractivity (Wildman–Crippen MR) is 143 cm³/mol. The van der Waals surface area contributed by atoms with Crippen LogP contribution in [0.25, 0.3) is 10.9 Å². The molecule has 1 amide bonds. The second kappa shape index (κ2) is 11.7. The molecule has 8 nitrogen and oxygen atoms in total. The number of methoxy groups -OCH3 is 2. The van der Waals surface area contributed by atoms with E-state index in [1.807, 2.05) is 61.1 Å². The molecule has 0 saturated carbocycles. The lowest BCUT2D eigenvalue weighted by atomic mass is 9.89. The van der Waals surface area contributed by atoms with E-state index in [2.05, 4.69) is 27.5 Å². The van der Waals surface area contributed by atoms with Crippen LogP contribution in [0.2, 0.25) is 0 Å². The minimum absolute atomic E-state index is 0.0321. The summed E-state index contributed by atoms with van der Waals surface area (Å²) in [7, 11) is 3.25. The van der Waals surface area contributed by atoms with Crippen molar-refractivity contribution in [3.63, 3.8) is 0 Å². The minimum Gasteiger partial charge on any atom is -0.493 e. The highest BCUT2D eigenvalue weighted by Gasteiger charge is 2.24. The molecule has 2 aromatic carbocycles. The van der Waals surface area contributed by atoms with Crippen LogP contribution in [0.1, 0.15) is 46.8 Å². The van der Waals surface area contributed by atoms with Gasteiger partial charge in [-0.15, -0.1) is 0 Å². The molecule has 4 rings (SSSR count). The summed E-state index contributed by atoms with van der Waals surface area (Å²) in [4.78, 5) is 16.4. The van der Waals surface area contributed by atoms with Gasteiger partial charge in [-0.2, -0.15) is 10.4 Å². The van der Waals surface area contributed by atoms with Crippen LogP contribution < -0.4 is 14.8 Å². The Labute approximate surface area is 217 Å². The molecule has 0 fully saturated rings. The summed E-state index contributed by atoms with van der Waals surface area (Å²) >= 11 is 0. The highest BCUT2D eigenvalue weighted by molar-refractivity contribution is 5.84. The number of rotatable bonds is 11. The van der Waals surface area contributed by atoms with E-state index in [0.717, 1.165) is 39.0 Å². The zero-order valence-corrected chi connectivity index (χ0v) is 21.8. The number of nitriles is 1. The Kier molecular flexibility index (Phi) is 8.14. The monoisotopic (exact) mass is 499 g/mol. The number of carbonyl (C=O) groups is 1. The van der Waals surface area contributed by atoms with Crippen molar-refractivity contribution >= 4 is 16.8 Å². The van der Waals surface area contributed by atoms with Crippen molar-refractivity contribution in [1.82, 2.24) is 20.1 Å². The topological polar surface area (TPSA) is 105 Å². The fraction of sp³-hybridized carbons (Fsp3) is 0.345. The van der Waals surface area contributed by atoms with E-state index in [1.54, 1.807) is 14.2 Å². The number of para-hydroxylation sites is 2. The quantitative estimate of drug-likeness (QED) is 0.309. The maximum atomic E-state index is 13.0. The Morgan fingerprint density at radius 2 is 1.95 bits per heavy atom. The second-order valence-corrected chi connectivity index (χ2v) is 9.01. The number of amides is 1. The Morgan fingerprint density at radius 3 is 2.70 bits per heavy atom. The van der Waals surface area contributed by atoms with Crippen molar-refractivity contribution < 1.29 is 14.3 Å². The van der Waals surface area contributed by atoms with E-state index in [1.165, 1.54) is 0 Å². The van der Waals surface area contributed by atoms with Crippen LogP contribution in [0.5, 0.6) is 11.5 Å². The fourth-order valence-corrected chi connectivity index (χ4v) is 4.97. The molecule has 0 spiro atoms. The molecule has 0 aliphatic heterocycles. The first-order valence-electron chi connectivity index (χ1n) is 12.4. The average Bonchev–Trinajstić information content (AvgIpc) is 3.46. The minimum atomic E-state index is -0.151. The predicted octanol–water partition coefficient (Wildman–Crippen LogP) is 4.79. The third kappa shape index (κ3) is 5.46. The summed E-state index contributed by atoms with van der Waals surface area (Å²) in [5.74, 6) is 1.12. The van der Waals surface area contributed by atoms with E-state index in [0.29, 0.717) is 43.9 Å². The summed E-state index contributed by atoms with van der Waals surface area (Å²) in [6.45, 7) is 4.91. The summed E-state index contributed by atoms with van der Waals surface area (Å²) < 4.78 is 13.2. The van der Waals surface area contributed by atoms with Crippen molar-refractivity contribution in [2.45, 2.75) is 45.6 Å². The maximum Gasteiger partial charge on any atom is 0.220 e. The first-order chi connectivity index (χ1) is 18.0. The summed E-state index contributed by atoms with van der Waals surface area (Å²) in [6.07, 6.45) is 3.35. The number of aryl methyl sites for hydroxylation is 2. The molecule has 8 heteroatoms. The summed E-state index contributed by atoms with van der Waals surface area (Å²) in [5, 5.41) is 17.7. The van der Waals surface area contributed by atoms with Crippen LogP contribution in [0, 0.1) is 25.2 Å². The Morgan fingerprint density at radius 1 is 1.14 bits per heavy atom. The lowest BCUT2D eigenvalue weighted by Crippen LogP contribution is -2.29. The largest absolute Gasteiger partial charge is 0.493 e. The lowest BCUT2D eigenvalue weighted by Gasteiger charge is -2.22. The number of carbonyl (C=O) groups excluding carboxylic acids is 1. The van der Waals surface area contributed by atoms with Crippen molar-refractivity contribution in [1.29, 1.82) is 5.26 Å². The van der Waals surface area contributed by atoms with Gasteiger partial charge in [-0.3, -0.25) is 9.48 Å². The SMILES string of the molecule is COc1cccc([C@@H](CNC(=O)CCc2c(C)nn(CCC#N)c2C)c2c[nH]c3ccccc23)c1OC. The molecular formula is C29H33N5O3. The number of benzene rings is 2. The first kappa shape index (κ1) is 25.8. The Bertz CT molecular complexity index is 1430. The van der Waals surface area contributed by atoms with E-state index < -0.39 is 0 Å². The molecule has 2 N–H and O–H groups in total. The number of nitrogens with one attached hydrogen (secondary N) is 2. The number of nitrogens with zero attached hydrogens (tertiary/aromatic N) is 3. The van der Waals surface area contributed by atoms with Crippen molar-refractivity contribution in [3.05, 3.63) is 76.7 Å². The molecular weight excluding hydrogens is 466 g/mol. The lowest BCUT2D eigenvalue weighted by molar-refractivity contribution is -0.121. The van der Waals surface area contributed by atoms with Gasteiger partial charge in [-0.05, 0) is 43.5 Å². The van der Waals surface area contributed by atoms with E-state index in [9.17, 15) is 4.79 Å². The molecule has 192 valence electrons. The highest BCUT2D eigenvalue weighted by Crippen LogP contribution is 2.40. The molecule has 0 unspecified atom stereocenters. The molecule has 0 saturated heterocycles. The highest BCUT2D eigenvalue weighted by atomic mass is 16.5. The van der Waals surface area contributed by atoms with Crippen molar-refractivity contribution in [3.8, 4) is 17.6 Å². The Hall–Kier alpha value is -4.25. The van der Waals surface area contributed by atoms with Crippen LogP contribution in [0.4, 0.5) is 0 Å². The van der Waals surface area contributed by atoms with Crippen LogP contribution in [-0.4, -0.2) is 41.4 Å². The molecule has 1 atom stereocenters. The van der Waals surface area contributed by atoms with Crippen molar-refractivity contribution in [2.24, 2.45) is 0 Å². The molecule has 0 bridgehead atoms.